The fraction of sp³-hybridized carbons (Fsp3) is 0.556. The molecule has 1 aliphatic carbocycles. The van der Waals surface area contributed by atoms with Crippen molar-refractivity contribution in [3.63, 3.8) is 0 Å². The zero-order valence-electron chi connectivity index (χ0n) is 7.29. The topological polar surface area (TPSA) is 38.0 Å². The Balaban J connectivity index is 1.74. The quantitative estimate of drug-likeness (QED) is 0.815. The lowest BCUT2D eigenvalue weighted by atomic mass is 9.81. The lowest BCUT2D eigenvalue weighted by Crippen LogP contribution is -2.39. The minimum Gasteiger partial charge on any atom is -0.377 e. The van der Waals surface area contributed by atoms with Crippen LogP contribution in [-0.4, -0.2) is 12.6 Å². The fourth-order valence-electron chi connectivity index (χ4n) is 1.61. The lowest BCUT2D eigenvalue weighted by Gasteiger charge is -2.32. The van der Waals surface area contributed by atoms with E-state index in [1.165, 1.54) is 0 Å². The number of halogens is 1. The number of anilines is 1. The molecule has 0 amide bonds. The van der Waals surface area contributed by atoms with E-state index in [1.54, 1.807) is 11.3 Å². The van der Waals surface area contributed by atoms with Gasteiger partial charge in [-0.1, -0.05) is 11.6 Å². The molecule has 1 fully saturated rings. The van der Waals surface area contributed by atoms with Crippen molar-refractivity contribution in [3.8, 4) is 0 Å². The van der Waals surface area contributed by atoms with E-state index < -0.39 is 0 Å². The first-order chi connectivity index (χ1) is 6.24. The minimum atomic E-state index is 0.443. The second-order valence-corrected chi connectivity index (χ2v) is 5.30. The SMILES string of the molecule is NC1CC(CNc2ccc(Cl)s2)C1. The molecule has 0 atom stereocenters. The van der Waals surface area contributed by atoms with Crippen LogP contribution in [0.1, 0.15) is 12.8 Å². The van der Waals surface area contributed by atoms with E-state index >= 15 is 0 Å². The molecule has 1 saturated carbocycles. The highest BCUT2D eigenvalue weighted by molar-refractivity contribution is 7.19. The van der Waals surface area contributed by atoms with Gasteiger partial charge >= 0.3 is 0 Å². The Labute approximate surface area is 87.1 Å². The lowest BCUT2D eigenvalue weighted by molar-refractivity contribution is 0.280. The van der Waals surface area contributed by atoms with Gasteiger partial charge in [-0.05, 0) is 30.9 Å². The van der Waals surface area contributed by atoms with Crippen LogP contribution < -0.4 is 11.1 Å². The Morgan fingerprint density at radius 3 is 2.85 bits per heavy atom. The first-order valence-corrected chi connectivity index (χ1v) is 5.68. The third-order valence-corrected chi connectivity index (χ3v) is 3.60. The van der Waals surface area contributed by atoms with Crippen molar-refractivity contribution in [1.82, 2.24) is 0 Å². The maximum Gasteiger partial charge on any atom is 0.0950 e. The Morgan fingerprint density at radius 2 is 2.31 bits per heavy atom. The molecule has 3 N–H and O–H groups in total. The van der Waals surface area contributed by atoms with Gasteiger partial charge in [0.05, 0.1) is 9.34 Å². The largest absolute Gasteiger partial charge is 0.377 e. The molecule has 0 radical (unpaired) electrons. The summed E-state index contributed by atoms with van der Waals surface area (Å²) in [6.07, 6.45) is 2.32. The third kappa shape index (κ3) is 2.36. The van der Waals surface area contributed by atoms with E-state index in [0.717, 1.165) is 34.6 Å². The van der Waals surface area contributed by atoms with Crippen molar-refractivity contribution in [3.05, 3.63) is 16.5 Å². The molecule has 72 valence electrons. The van der Waals surface area contributed by atoms with E-state index in [4.69, 9.17) is 17.3 Å². The number of nitrogens with one attached hydrogen (secondary N) is 1. The third-order valence-electron chi connectivity index (χ3n) is 2.41. The second kappa shape index (κ2) is 3.86. The molecule has 0 spiro atoms. The van der Waals surface area contributed by atoms with Crippen LogP contribution in [0.5, 0.6) is 0 Å². The molecule has 1 heterocycles. The highest BCUT2D eigenvalue weighted by Crippen LogP contribution is 2.29. The summed E-state index contributed by atoms with van der Waals surface area (Å²) in [5.74, 6) is 0.760. The van der Waals surface area contributed by atoms with E-state index in [1.807, 2.05) is 12.1 Å². The van der Waals surface area contributed by atoms with E-state index in [-0.39, 0.29) is 0 Å². The summed E-state index contributed by atoms with van der Waals surface area (Å²) in [6.45, 7) is 1.03. The second-order valence-electron chi connectivity index (χ2n) is 3.58. The standard InChI is InChI=1S/C9H13ClN2S/c10-8-1-2-9(13-8)12-5-6-3-7(11)4-6/h1-2,6-7,12H,3-5,11H2. The summed E-state index contributed by atoms with van der Waals surface area (Å²) >= 11 is 7.39. The van der Waals surface area contributed by atoms with Crippen LogP contribution >= 0.6 is 22.9 Å². The van der Waals surface area contributed by atoms with Crippen molar-refractivity contribution in [2.24, 2.45) is 11.7 Å². The van der Waals surface area contributed by atoms with Gasteiger partial charge in [0.15, 0.2) is 0 Å². The first-order valence-electron chi connectivity index (χ1n) is 4.49. The highest BCUT2D eigenvalue weighted by Gasteiger charge is 2.25. The number of thiophene rings is 1. The molecule has 0 aromatic carbocycles. The predicted octanol–water partition coefficient (Wildman–Crippen LogP) is 2.55. The molecule has 1 aliphatic rings. The fourth-order valence-corrected chi connectivity index (χ4v) is 2.56. The van der Waals surface area contributed by atoms with Gasteiger partial charge in [-0.3, -0.25) is 0 Å². The van der Waals surface area contributed by atoms with E-state index in [9.17, 15) is 0 Å². The zero-order chi connectivity index (χ0) is 9.26. The van der Waals surface area contributed by atoms with Gasteiger partial charge in [-0.2, -0.15) is 0 Å². The molecule has 2 nitrogen and oxygen atoms in total. The molecule has 0 unspecified atom stereocenters. The van der Waals surface area contributed by atoms with Crippen LogP contribution in [0.25, 0.3) is 0 Å². The summed E-state index contributed by atoms with van der Waals surface area (Å²) in [5.41, 5.74) is 5.70. The molecule has 0 aliphatic heterocycles. The van der Waals surface area contributed by atoms with Gasteiger partial charge in [0, 0.05) is 12.6 Å². The molecule has 2 rings (SSSR count). The van der Waals surface area contributed by atoms with Crippen LogP contribution in [-0.2, 0) is 0 Å². The monoisotopic (exact) mass is 216 g/mol. The zero-order valence-corrected chi connectivity index (χ0v) is 8.87. The van der Waals surface area contributed by atoms with Crippen LogP contribution in [0, 0.1) is 5.92 Å². The summed E-state index contributed by atoms with van der Waals surface area (Å²) in [4.78, 5) is 0. The summed E-state index contributed by atoms with van der Waals surface area (Å²) in [5, 5.41) is 4.52. The van der Waals surface area contributed by atoms with Gasteiger partial charge in [-0.15, -0.1) is 11.3 Å². The maximum atomic E-state index is 5.81. The molecule has 1 aromatic rings. The Bertz CT molecular complexity index is 281. The molecule has 1 aromatic heterocycles. The van der Waals surface area contributed by atoms with Crippen molar-refractivity contribution >= 4 is 27.9 Å². The van der Waals surface area contributed by atoms with E-state index in [2.05, 4.69) is 5.32 Å². The predicted molar refractivity (Wildman–Crippen MR) is 58.5 cm³/mol. The van der Waals surface area contributed by atoms with Crippen molar-refractivity contribution in [2.75, 3.05) is 11.9 Å². The minimum absolute atomic E-state index is 0.443. The molecule has 0 bridgehead atoms. The Morgan fingerprint density at radius 1 is 1.54 bits per heavy atom. The average Bonchev–Trinajstić information content (AvgIpc) is 2.43. The normalized spacial score (nSPS) is 26.9. The van der Waals surface area contributed by atoms with Crippen LogP contribution in [0.3, 0.4) is 0 Å². The Hall–Kier alpha value is -0.250. The summed E-state index contributed by atoms with van der Waals surface area (Å²) < 4.78 is 0.841. The van der Waals surface area contributed by atoms with Crippen molar-refractivity contribution in [2.45, 2.75) is 18.9 Å². The van der Waals surface area contributed by atoms with Crippen molar-refractivity contribution in [1.29, 1.82) is 0 Å². The number of rotatable bonds is 3. The molecular formula is C9H13ClN2S. The van der Waals surface area contributed by atoms with Gasteiger partial charge in [0.25, 0.3) is 0 Å². The van der Waals surface area contributed by atoms with Gasteiger partial charge in [0.2, 0.25) is 0 Å². The first kappa shape index (κ1) is 9.31. The molecular weight excluding hydrogens is 204 g/mol. The summed E-state index contributed by atoms with van der Waals surface area (Å²) in [6, 6.07) is 4.38. The van der Waals surface area contributed by atoms with Crippen LogP contribution in [0.2, 0.25) is 4.34 Å². The van der Waals surface area contributed by atoms with Crippen LogP contribution in [0.4, 0.5) is 5.00 Å². The van der Waals surface area contributed by atoms with Crippen molar-refractivity contribution < 1.29 is 0 Å². The summed E-state index contributed by atoms with van der Waals surface area (Å²) in [7, 11) is 0. The number of nitrogens with two attached hydrogens (primary N) is 1. The van der Waals surface area contributed by atoms with Gasteiger partial charge < -0.3 is 11.1 Å². The maximum absolute atomic E-state index is 5.81. The molecule has 13 heavy (non-hydrogen) atoms. The average molecular weight is 217 g/mol. The number of hydrogen-bond donors (Lipinski definition) is 2. The number of hydrogen-bond acceptors (Lipinski definition) is 3. The molecule has 0 saturated heterocycles. The van der Waals surface area contributed by atoms with Gasteiger partial charge in [0.1, 0.15) is 0 Å². The highest BCUT2D eigenvalue weighted by atomic mass is 35.5. The molecule has 4 heteroatoms. The smallest absolute Gasteiger partial charge is 0.0950 e. The van der Waals surface area contributed by atoms with E-state index in [0.29, 0.717) is 6.04 Å². The van der Waals surface area contributed by atoms with Crippen LogP contribution in [0.15, 0.2) is 12.1 Å². The van der Waals surface area contributed by atoms with Gasteiger partial charge in [-0.25, -0.2) is 0 Å². The Kier molecular flexibility index (Phi) is 2.77.